The summed E-state index contributed by atoms with van der Waals surface area (Å²) in [6, 6.07) is 15.4. The minimum Gasteiger partial charge on any atom is -0.508 e. The van der Waals surface area contributed by atoms with E-state index in [9.17, 15) is 5.11 Å². The van der Waals surface area contributed by atoms with Crippen LogP contribution in [0.2, 0.25) is 0 Å². The average Bonchev–Trinajstić information content (AvgIpc) is 3.02. The molecule has 4 aromatic rings. The Kier molecular flexibility index (Phi) is 4.50. The molecule has 0 unspecified atom stereocenters. The van der Waals surface area contributed by atoms with Crippen molar-refractivity contribution in [1.29, 1.82) is 0 Å². The molecule has 2 aromatic heterocycles. The van der Waals surface area contributed by atoms with Gasteiger partial charge in [0, 0.05) is 23.6 Å². The van der Waals surface area contributed by atoms with Gasteiger partial charge >= 0.3 is 0 Å². The highest BCUT2D eigenvalue weighted by Crippen LogP contribution is 2.27. The van der Waals surface area contributed by atoms with Crippen LogP contribution in [0.4, 0.5) is 5.82 Å². The first kappa shape index (κ1) is 17.1. The molecule has 4 rings (SSSR count). The summed E-state index contributed by atoms with van der Waals surface area (Å²) in [5.41, 5.74) is 4.99. The summed E-state index contributed by atoms with van der Waals surface area (Å²) < 4.78 is 5.53. The fraction of sp³-hybridized carbons (Fsp3) is 0.182. The minimum absolute atomic E-state index is 0.289. The van der Waals surface area contributed by atoms with Gasteiger partial charge in [-0.1, -0.05) is 12.1 Å². The predicted molar refractivity (Wildman–Crippen MR) is 107 cm³/mol. The number of aryl methyl sites for hydroxylation is 2. The van der Waals surface area contributed by atoms with Crippen LogP contribution in [0, 0.1) is 13.8 Å². The second-order valence-electron chi connectivity index (χ2n) is 6.66. The molecule has 5 heteroatoms. The van der Waals surface area contributed by atoms with Crippen molar-refractivity contribution >= 4 is 16.8 Å². The van der Waals surface area contributed by atoms with E-state index in [1.807, 2.05) is 44.2 Å². The summed E-state index contributed by atoms with van der Waals surface area (Å²) in [6.45, 7) is 4.65. The van der Waals surface area contributed by atoms with Crippen LogP contribution in [-0.4, -0.2) is 21.6 Å². The summed E-state index contributed by atoms with van der Waals surface area (Å²) in [5.74, 6) is 1.80. The highest BCUT2D eigenvalue weighted by molar-refractivity contribution is 5.85. The molecule has 0 aliphatic rings. The maximum Gasteiger partial charge on any atom is 0.134 e. The van der Waals surface area contributed by atoms with Gasteiger partial charge in [0.1, 0.15) is 23.0 Å². The van der Waals surface area contributed by atoms with Gasteiger partial charge in [0.05, 0.1) is 12.0 Å². The Morgan fingerprint density at radius 1 is 1.04 bits per heavy atom. The van der Waals surface area contributed by atoms with Gasteiger partial charge < -0.3 is 14.8 Å². The van der Waals surface area contributed by atoms with Crippen molar-refractivity contribution < 1.29 is 9.52 Å². The lowest BCUT2D eigenvalue weighted by Crippen LogP contribution is -2.07. The lowest BCUT2D eigenvalue weighted by molar-refractivity contribution is 0.474. The number of phenolic OH excluding ortho intramolecular Hbond substituents is 1. The van der Waals surface area contributed by atoms with E-state index in [1.54, 1.807) is 18.4 Å². The topological polar surface area (TPSA) is 71.2 Å². The van der Waals surface area contributed by atoms with Crippen LogP contribution in [-0.2, 0) is 6.42 Å². The molecular weight excluding hydrogens is 338 g/mol. The average molecular weight is 359 g/mol. The van der Waals surface area contributed by atoms with Crippen LogP contribution < -0.4 is 5.32 Å². The first-order valence-corrected chi connectivity index (χ1v) is 8.94. The summed E-state index contributed by atoms with van der Waals surface area (Å²) in [5, 5.41) is 14.0. The number of aromatic hydroxyl groups is 1. The fourth-order valence-electron chi connectivity index (χ4n) is 3.17. The van der Waals surface area contributed by atoms with E-state index in [2.05, 4.69) is 21.4 Å². The largest absolute Gasteiger partial charge is 0.508 e. The van der Waals surface area contributed by atoms with Gasteiger partial charge in [-0.2, -0.15) is 0 Å². The number of phenols is 1. The van der Waals surface area contributed by atoms with Gasteiger partial charge in [-0.15, -0.1) is 0 Å². The van der Waals surface area contributed by atoms with E-state index in [1.165, 1.54) is 0 Å². The molecule has 136 valence electrons. The maximum atomic E-state index is 9.56. The number of rotatable bonds is 5. The summed E-state index contributed by atoms with van der Waals surface area (Å²) in [4.78, 5) is 9.08. The zero-order valence-corrected chi connectivity index (χ0v) is 15.4. The molecule has 2 N–H and O–H groups in total. The molecular formula is C22H21N3O2. The maximum absolute atomic E-state index is 9.56. The van der Waals surface area contributed by atoms with Gasteiger partial charge in [0.15, 0.2) is 0 Å². The number of aromatic nitrogens is 2. The van der Waals surface area contributed by atoms with Gasteiger partial charge in [-0.05, 0) is 61.7 Å². The molecule has 0 amide bonds. The Bertz CT molecular complexity index is 1100. The molecule has 2 aromatic carbocycles. The molecule has 0 saturated carbocycles. The highest BCUT2D eigenvalue weighted by atomic mass is 16.3. The summed E-state index contributed by atoms with van der Waals surface area (Å²) >= 11 is 0. The molecule has 5 nitrogen and oxygen atoms in total. The van der Waals surface area contributed by atoms with Crippen molar-refractivity contribution in [3.8, 4) is 17.0 Å². The standard InChI is InChI=1S/C22H21N3O2/c1-14-13-27-21-7-6-17(11-19(14)21)20-12-22(25-15(2)24-20)23-9-8-16-4-3-5-18(26)10-16/h3-7,10-13,26H,8-9H2,1-2H3,(H,23,24,25). The van der Waals surface area contributed by atoms with Crippen LogP contribution in [0.15, 0.2) is 59.2 Å². The Morgan fingerprint density at radius 3 is 2.78 bits per heavy atom. The summed E-state index contributed by atoms with van der Waals surface area (Å²) in [6.07, 6.45) is 2.57. The Morgan fingerprint density at radius 2 is 1.93 bits per heavy atom. The first-order valence-electron chi connectivity index (χ1n) is 8.94. The van der Waals surface area contributed by atoms with E-state index in [0.29, 0.717) is 0 Å². The monoisotopic (exact) mass is 359 g/mol. The van der Waals surface area contributed by atoms with Crippen LogP contribution in [0.1, 0.15) is 17.0 Å². The SMILES string of the molecule is Cc1nc(NCCc2cccc(O)c2)cc(-c2ccc3occ(C)c3c2)n1. The first-order chi connectivity index (χ1) is 13.1. The number of furan rings is 1. The normalized spacial score (nSPS) is 11.0. The predicted octanol–water partition coefficient (Wildman–Crippen LogP) is 4.87. The third-order valence-corrected chi connectivity index (χ3v) is 4.53. The number of nitrogens with one attached hydrogen (secondary N) is 1. The van der Waals surface area contributed by atoms with E-state index in [0.717, 1.165) is 58.0 Å². The molecule has 2 heterocycles. The molecule has 0 aliphatic carbocycles. The van der Waals surface area contributed by atoms with E-state index >= 15 is 0 Å². The zero-order valence-electron chi connectivity index (χ0n) is 15.4. The van der Waals surface area contributed by atoms with Gasteiger partial charge in [-0.25, -0.2) is 9.97 Å². The fourth-order valence-corrected chi connectivity index (χ4v) is 3.17. The molecule has 0 fully saturated rings. The quantitative estimate of drug-likeness (QED) is 0.532. The number of benzene rings is 2. The third-order valence-electron chi connectivity index (χ3n) is 4.53. The third kappa shape index (κ3) is 3.77. The van der Waals surface area contributed by atoms with Crippen molar-refractivity contribution in [1.82, 2.24) is 9.97 Å². The molecule has 0 aliphatic heterocycles. The number of nitrogens with zero attached hydrogens (tertiary/aromatic N) is 2. The molecule has 0 spiro atoms. The lowest BCUT2D eigenvalue weighted by Gasteiger charge is -2.09. The van der Waals surface area contributed by atoms with Crippen molar-refractivity contribution in [3.63, 3.8) is 0 Å². The highest BCUT2D eigenvalue weighted by Gasteiger charge is 2.08. The second kappa shape index (κ2) is 7.11. The summed E-state index contributed by atoms with van der Waals surface area (Å²) in [7, 11) is 0. The van der Waals surface area contributed by atoms with Crippen LogP contribution in [0.3, 0.4) is 0 Å². The van der Waals surface area contributed by atoms with Crippen LogP contribution in [0.25, 0.3) is 22.2 Å². The zero-order chi connectivity index (χ0) is 18.8. The molecule has 0 radical (unpaired) electrons. The number of hydrogen-bond acceptors (Lipinski definition) is 5. The van der Waals surface area contributed by atoms with Gasteiger partial charge in [0.25, 0.3) is 0 Å². The van der Waals surface area contributed by atoms with Crippen molar-refractivity contribution in [2.45, 2.75) is 20.3 Å². The number of hydrogen-bond donors (Lipinski definition) is 2. The smallest absolute Gasteiger partial charge is 0.134 e. The molecule has 0 bridgehead atoms. The second-order valence-corrected chi connectivity index (χ2v) is 6.66. The minimum atomic E-state index is 0.289. The van der Waals surface area contributed by atoms with E-state index in [4.69, 9.17) is 4.42 Å². The van der Waals surface area contributed by atoms with Gasteiger partial charge in [0.2, 0.25) is 0 Å². The Hall–Kier alpha value is -3.34. The molecule has 0 saturated heterocycles. The van der Waals surface area contributed by atoms with Gasteiger partial charge in [-0.3, -0.25) is 0 Å². The van der Waals surface area contributed by atoms with Crippen molar-refractivity contribution in [2.75, 3.05) is 11.9 Å². The number of anilines is 1. The van der Waals surface area contributed by atoms with E-state index < -0.39 is 0 Å². The Balaban J connectivity index is 1.54. The number of fused-ring (bicyclic) bond motifs is 1. The molecule has 27 heavy (non-hydrogen) atoms. The van der Waals surface area contributed by atoms with E-state index in [-0.39, 0.29) is 5.75 Å². The van der Waals surface area contributed by atoms with Crippen LogP contribution >= 0.6 is 0 Å². The Labute approximate surface area is 157 Å². The lowest BCUT2D eigenvalue weighted by atomic mass is 10.1. The molecule has 0 atom stereocenters. The van der Waals surface area contributed by atoms with Crippen LogP contribution in [0.5, 0.6) is 5.75 Å². The van der Waals surface area contributed by atoms with Crippen molar-refractivity contribution in [2.24, 2.45) is 0 Å². The van der Waals surface area contributed by atoms with Crippen molar-refractivity contribution in [3.05, 3.63) is 71.7 Å².